The molecule has 0 spiro atoms. The maximum atomic E-state index is 12.5. The summed E-state index contributed by atoms with van der Waals surface area (Å²) in [5.74, 6) is 0.510. The summed E-state index contributed by atoms with van der Waals surface area (Å²) in [5.41, 5.74) is 7.13. The molecule has 1 amide bonds. The molecule has 1 aromatic rings. The molecule has 21 heavy (non-hydrogen) atoms. The van der Waals surface area contributed by atoms with E-state index in [1.807, 2.05) is 24.9 Å². The molecule has 0 aliphatic rings. The minimum atomic E-state index is -0.0346. The van der Waals surface area contributed by atoms with Crippen LogP contribution in [0.2, 0.25) is 0 Å². The average molecular weight is 294 g/mol. The van der Waals surface area contributed by atoms with E-state index in [1.54, 1.807) is 6.07 Å². The Balaban J connectivity index is 2.80. The predicted molar refractivity (Wildman–Crippen MR) is 88.4 cm³/mol. The zero-order chi connectivity index (χ0) is 16.0. The molecule has 1 unspecified atom stereocenters. The van der Waals surface area contributed by atoms with Crippen LogP contribution in [0.4, 0.5) is 5.69 Å². The third kappa shape index (κ3) is 5.79. The lowest BCUT2D eigenvalue weighted by Gasteiger charge is -2.24. The Bertz CT molecular complexity index is 441. The molecular weight excluding hydrogens is 264 g/mol. The molecule has 120 valence electrons. The number of rotatable bonds is 8. The third-order valence-corrected chi connectivity index (χ3v) is 3.29. The number of nitrogens with zero attached hydrogens (tertiary/aromatic N) is 2. The number of hydrogen-bond donors (Lipinski definition) is 2. The van der Waals surface area contributed by atoms with Crippen molar-refractivity contribution in [1.29, 1.82) is 0 Å². The van der Waals surface area contributed by atoms with Crippen molar-refractivity contribution in [2.45, 2.75) is 46.2 Å². The molecule has 0 saturated heterocycles. The number of carbonyl (C=O) groups excluding carboxylic acids is 1. The molecular formula is C16H30N4O. The third-order valence-electron chi connectivity index (χ3n) is 3.29. The van der Waals surface area contributed by atoms with Crippen LogP contribution in [0.5, 0.6) is 0 Å². The highest BCUT2D eigenvalue weighted by molar-refractivity contribution is 5.94. The van der Waals surface area contributed by atoms with Crippen LogP contribution in [0, 0.1) is 5.92 Å². The maximum absolute atomic E-state index is 12.5. The van der Waals surface area contributed by atoms with Crippen LogP contribution in [0.3, 0.4) is 0 Å². The van der Waals surface area contributed by atoms with Crippen LogP contribution in [0.1, 0.15) is 44.1 Å². The quantitative estimate of drug-likeness (QED) is 0.772. The standard InChI is InChI=1S/C16H30N4O/c1-6-7-20-10-13(17)9-15(20)16(21)18-14(8-12(2)3)11-19(4)5/h9-10,12,14H,6-8,11,17H2,1-5H3,(H,18,21). The first kappa shape index (κ1) is 17.6. The first-order valence-electron chi connectivity index (χ1n) is 7.74. The number of hydrogen-bond acceptors (Lipinski definition) is 3. The van der Waals surface area contributed by atoms with E-state index in [0.717, 1.165) is 25.9 Å². The summed E-state index contributed by atoms with van der Waals surface area (Å²) in [4.78, 5) is 14.6. The molecule has 1 aromatic heterocycles. The molecule has 0 fully saturated rings. The van der Waals surface area contributed by atoms with Crippen molar-refractivity contribution in [2.75, 3.05) is 26.4 Å². The molecule has 3 N–H and O–H groups in total. The first-order chi connectivity index (χ1) is 9.83. The van der Waals surface area contributed by atoms with Crippen LogP contribution < -0.4 is 11.1 Å². The number of carbonyl (C=O) groups is 1. The smallest absolute Gasteiger partial charge is 0.268 e. The van der Waals surface area contributed by atoms with Gasteiger partial charge < -0.3 is 20.5 Å². The van der Waals surface area contributed by atoms with Gasteiger partial charge in [0.2, 0.25) is 0 Å². The first-order valence-corrected chi connectivity index (χ1v) is 7.74. The fourth-order valence-corrected chi connectivity index (χ4v) is 2.60. The summed E-state index contributed by atoms with van der Waals surface area (Å²) in [7, 11) is 4.05. The highest BCUT2D eigenvalue weighted by Gasteiger charge is 2.18. The van der Waals surface area contributed by atoms with Crippen LogP contribution in [-0.2, 0) is 6.54 Å². The van der Waals surface area contributed by atoms with Gasteiger partial charge in [-0.2, -0.15) is 0 Å². The lowest BCUT2D eigenvalue weighted by Crippen LogP contribution is -2.43. The number of anilines is 1. The Labute approximate surface area is 128 Å². The Morgan fingerprint density at radius 1 is 1.43 bits per heavy atom. The van der Waals surface area contributed by atoms with Gasteiger partial charge in [0.15, 0.2) is 0 Å². The lowest BCUT2D eigenvalue weighted by atomic mass is 10.0. The Morgan fingerprint density at radius 2 is 2.10 bits per heavy atom. The molecule has 1 rings (SSSR count). The molecule has 0 aromatic carbocycles. The lowest BCUT2D eigenvalue weighted by molar-refractivity contribution is 0.0915. The number of aryl methyl sites for hydroxylation is 1. The van der Waals surface area contributed by atoms with Crippen molar-refractivity contribution in [2.24, 2.45) is 5.92 Å². The van der Waals surface area contributed by atoms with Gasteiger partial charge in [-0.15, -0.1) is 0 Å². The molecule has 0 radical (unpaired) electrons. The Hall–Kier alpha value is -1.49. The Kier molecular flexibility index (Phi) is 6.75. The monoisotopic (exact) mass is 294 g/mol. The molecule has 0 bridgehead atoms. The van der Waals surface area contributed by atoms with Gasteiger partial charge in [0.1, 0.15) is 5.69 Å². The largest absolute Gasteiger partial charge is 0.397 e. The van der Waals surface area contributed by atoms with Crippen molar-refractivity contribution in [3.63, 3.8) is 0 Å². The predicted octanol–water partition coefficient (Wildman–Crippen LogP) is 2.19. The molecule has 5 nitrogen and oxygen atoms in total. The van der Waals surface area contributed by atoms with Crippen LogP contribution in [0.25, 0.3) is 0 Å². The summed E-state index contributed by atoms with van der Waals surface area (Å²) in [6.45, 7) is 8.08. The summed E-state index contributed by atoms with van der Waals surface area (Å²) in [5, 5.41) is 3.15. The van der Waals surface area contributed by atoms with Crippen molar-refractivity contribution in [3.8, 4) is 0 Å². The number of nitrogens with one attached hydrogen (secondary N) is 1. The van der Waals surface area contributed by atoms with E-state index >= 15 is 0 Å². The molecule has 0 aliphatic carbocycles. The maximum Gasteiger partial charge on any atom is 0.268 e. The molecule has 0 saturated carbocycles. The highest BCUT2D eigenvalue weighted by atomic mass is 16.2. The van der Waals surface area contributed by atoms with Gasteiger partial charge in [-0.25, -0.2) is 0 Å². The van der Waals surface area contributed by atoms with Gasteiger partial charge in [-0.05, 0) is 38.9 Å². The van der Waals surface area contributed by atoms with Crippen molar-refractivity contribution in [1.82, 2.24) is 14.8 Å². The number of amides is 1. The number of nitrogens with two attached hydrogens (primary N) is 1. The summed E-state index contributed by atoms with van der Waals surface area (Å²) in [6, 6.07) is 1.91. The second kappa shape index (κ2) is 8.08. The Morgan fingerprint density at radius 3 is 2.62 bits per heavy atom. The molecule has 5 heteroatoms. The average Bonchev–Trinajstić information content (AvgIpc) is 2.69. The van der Waals surface area contributed by atoms with E-state index in [2.05, 4.69) is 31.0 Å². The second-order valence-electron chi connectivity index (χ2n) is 6.41. The number of aromatic nitrogens is 1. The summed E-state index contributed by atoms with van der Waals surface area (Å²) < 4.78 is 1.94. The van der Waals surface area contributed by atoms with E-state index in [4.69, 9.17) is 5.73 Å². The summed E-state index contributed by atoms with van der Waals surface area (Å²) >= 11 is 0. The van der Waals surface area contributed by atoms with Gasteiger partial charge in [0.25, 0.3) is 5.91 Å². The highest BCUT2D eigenvalue weighted by Crippen LogP contribution is 2.13. The zero-order valence-corrected chi connectivity index (χ0v) is 14.0. The number of nitrogen functional groups attached to an aromatic ring is 1. The fourth-order valence-electron chi connectivity index (χ4n) is 2.60. The van der Waals surface area contributed by atoms with E-state index in [0.29, 0.717) is 17.3 Å². The van der Waals surface area contributed by atoms with E-state index in [9.17, 15) is 4.79 Å². The molecule has 1 heterocycles. The van der Waals surface area contributed by atoms with Crippen molar-refractivity contribution >= 4 is 11.6 Å². The molecule has 1 atom stereocenters. The van der Waals surface area contributed by atoms with Gasteiger partial charge in [0.05, 0.1) is 5.69 Å². The topological polar surface area (TPSA) is 63.3 Å². The second-order valence-corrected chi connectivity index (χ2v) is 6.41. The van der Waals surface area contributed by atoms with Gasteiger partial charge in [-0.3, -0.25) is 4.79 Å². The van der Waals surface area contributed by atoms with E-state index < -0.39 is 0 Å². The number of likely N-dealkylation sites (N-methyl/N-ethyl adjacent to an activating group) is 1. The van der Waals surface area contributed by atoms with Crippen molar-refractivity contribution < 1.29 is 4.79 Å². The van der Waals surface area contributed by atoms with Crippen molar-refractivity contribution in [3.05, 3.63) is 18.0 Å². The summed E-state index contributed by atoms with van der Waals surface area (Å²) in [6.07, 6.45) is 3.78. The normalized spacial score (nSPS) is 12.9. The van der Waals surface area contributed by atoms with Crippen LogP contribution in [0.15, 0.2) is 12.3 Å². The SMILES string of the molecule is CCCn1cc(N)cc1C(=O)NC(CC(C)C)CN(C)C. The van der Waals surface area contributed by atoms with E-state index in [-0.39, 0.29) is 11.9 Å². The van der Waals surface area contributed by atoms with Crippen LogP contribution >= 0.6 is 0 Å². The fraction of sp³-hybridized carbons (Fsp3) is 0.688. The van der Waals surface area contributed by atoms with Gasteiger partial charge >= 0.3 is 0 Å². The van der Waals surface area contributed by atoms with Crippen LogP contribution in [-0.4, -0.2) is 42.1 Å². The zero-order valence-electron chi connectivity index (χ0n) is 14.0. The van der Waals surface area contributed by atoms with Gasteiger partial charge in [-0.1, -0.05) is 20.8 Å². The molecule has 0 aliphatic heterocycles. The van der Waals surface area contributed by atoms with E-state index in [1.165, 1.54) is 0 Å². The minimum Gasteiger partial charge on any atom is -0.397 e. The minimum absolute atomic E-state index is 0.0346. The van der Waals surface area contributed by atoms with Gasteiger partial charge in [0, 0.05) is 25.3 Å².